The lowest BCUT2D eigenvalue weighted by Crippen LogP contribution is -2.21. The van der Waals surface area contributed by atoms with Crippen molar-refractivity contribution in [2.45, 2.75) is 45.4 Å². The summed E-state index contributed by atoms with van der Waals surface area (Å²) in [5.41, 5.74) is 4.96. The molecule has 1 heterocycles. The molecule has 0 aliphatic rings. The normalized spacial score (nSPS) is 14.4. The molecule has 0 aliphatic carbocycles. The minimum absolute atomic E-state index is 0.140. The number of hydrogen-bond donors (Lipinski definition) is 2. The molecule has 1 rings (SSSR count). The molecule has 80 valence electrons. The number of aromatic nitrogens is 3. The molecule has 3 N–H and O–H groups in total. The SMILES string of the molecule is CC(N)c1ncn(CCC(C)(C)O)n1. The average Bonchev–Trinajstić information content (AvgIpc) is 2.47. The third-order valence-electron chi connectivity index (χ3n) is 1.91. The van der Waals surface area contributed by atoms with Gasteiger partial charge < -0.3 is 10.8 Å². The predicted molar refractivity (Wildman–Crippen MR) is 53.5 cm³/mol. The first kappa shape index (κ1) is 11.1. The largest absolute Gasteiger partial charge is 0.390 e. The first-order valence-corrected chi connectivity index (χ1v) is 4.76. The van der Waals surface area contributed by atoms with Crippen LogP contribution in [0.3, 0.4) is 0 Å². The molecule has 0 spiro atoms. The van der Waals surface area contributed by atoms with Crippen molar-refractivity contribution in [2.75, 3.05) is 0 Å². The van der Waals surface area contributed by atoms with Gasteiger partial charge in [-0.15, -0.1) is 0 Å². The lowest BCUT2D eigenvalue weighted by Gasteiger charge is -2.16. The van der Waals surface area contributed by atoms with Crippen molar-refractivity contribution in [3.63, 3.8) is 0 Å². The summed E-state index contributed by atoms with van der Waals surface area (Å²) >= 11 is 0. The molecule has 0 amide bonds. The second-order valence-electron chi connectivity index (χ2n) is 4.22. The fraction of sp³-hybridized carbons (Fsp3) is 0.778. The van der Waals surface area contributed by atoms with Gasteiger partial charge in [-0.3, -0.25) is 4.68 Å². The van der Waals surface area contributed by atoms with Crippen molar-refractivity contribution >= 4 is 0 Å². The van der Waals surface area contributed by atoms with E-state index in [0.29, 0.717) is 18.8 Å². The fourth-order valence-corrected chi connectivity index (χ4v) is 1.01. The molecule has 1 atom stereocenters. The monoisotopic (exact) mass is 198 g/mol. The molecule has 5 nitrogen and oxygen atoms in total. The molecule has 0 saturated carbocycles. The fourth-order valence-electron chi connectivity index (χ4n) is 1.01. The summed E-state index contributed by atoms with van der Waals surface area (Å²) in [6.45, 7) is 6.05. The summed E-state index contributed by atoms with van der Waals surface area (Å²) in [6, 6.07) is -0.140. The molecule has 5 heteroatoms. The topological polar surface area (TPSA) is 77.0 Å². The molecule has 0 aromatic carbocycles. The van der Waals surface area contributed by atoms with Crippen LogP contribution >= 0.6 is 0 Å². The van der Waals surface area contributed by atoms with Crippen molar-refractivity contribution in [2.24, 2.45) is 5.73 Å². The third kappa shape index (κ3) is 3.43. The van der Waals surface area contributed by atoms with E-state index in [1.165, 1.54) is 0 Å². The zero-order valence-electron chi connectivity index (χ0n) is 8.94. The first-order chi connectivity index (χ1) is 6.38. The quantitative estimate of drug-likeness (QED) is 0.736. The van der Waals surface area contributed by atoms with E-state index in [9.17, 15) is 5.11 Å². The van der Waals surface area contributed by atoms with Gasteiger partial charge in [-0.25, -0.2) is 4.98 Å². The van der Waals surface area contributed by atoms with Crippen LogP contribution in [0.25, 0.3) is 0 Å². The average molecular weight is 198 g/mol. The van der Waals surface area contributed by atoms with Crippen LogP contribution in [0.2, 0.25) is 0 Å². The summed E-state index contributed by atoms with van der Waals surface area (Å²) in [5, 5.41) is 13.7. The Morgan fingerprint density at radius 3 is 2.71 bits per heavy atom. The number of rotatable bonds is 4. The maximum Gasteiger partial charge on any atom is 0.166 e. The minimum Gasteiger partial charge on any atom is -0.390 e. The van der Waals surface area contributed by atoms with Crippen molar-refractivity contribution < 1.29 is 5.11 Å². The van der Waals surface area contributed by atoms with E-state index >= 15 is 0 Å². The van der Waals surface area contributed by atoms with E-state index in [1.807, 2.05) is 6.92 Å². The highest BCUT2D eigenvalue weighted by Crippen LogP contribution is 2.09. The van der Waals surface area contributed by atoms with E-state index < -0.39 is 5.60 Å². The molecular weight excluding hydrogens is 180 g/mol. The summed E-state index contributed by atoms with van der Waals surface area (Å²) in [7, 11) is 0. The molecule has 14 heavy (non-hydrogen) atoms. The highest BCUT2D eigenvalue weighted by Gasteiger charge is 2.13. The van der Waals surface area contributed by atoms with Crippen LogP contribution in [0.4, 0.5) is 0 Å². The predicted octanol–water partition coefficient (Wildman–Crippen LogP) is 0.459. The molecule has 0 fully saturated rings. The van der Waals surface area contributed by atoms with E-state index in [-0.39, 0.29) is 6.04 Å². The van der Waals surface area contributed by atoms with Crippen molar-refractivity contribution in [3.8, 4) is 0 Å². The van der Waals surface area contributed by atoms with Crippen molar-refractivity contribution in [1.29, 1.82) is 0 Å². The van der Waals surface area contributed by atoms with Crippen LogP contribution in [0.15, 0.2) is 6.33 Å². The molecule has 1 unspecified atom stereocenters. The Morgan fingerprint density at radius 2 is 2.29 bits per heavy atom. The lowest BCUT2D eigenvalue weighted by atomic mass is 10.1. The molecule has 1 aromatic heterocycles. The molecular formula is C9H18N4O. The highest BCUT2D eigenvalue weighted by molar-refractivity contribution is 4.87. The molecule has 0 saturated heterocycles. The van der Waals surface area contributed by atoms with Gasteiger partial charge >= 0.3 is 0 Å². The molecule has 0 bridgehead atoms. The van der Waals surface area contributed by atoms with Crippen LogP contribution in [-0.2, 0) is 6.54 Å². The van der Waals surface area contributed by atoms with Crippen LogP contribution in [0.5, 0.6) is 0 Å². The van der Waals surface area contributed by atoms with E-state index in [4.69, 9.17) is 5.73 Å². The third-order valence-corrected chi connectivity index (χ3v) is 1.91. The highest BCUT2D eigenvalue weighted by atomic mass is 16.3. The molecule has 0 radical (unpaired) electrons. The van der Waals surface area contributed by atoms with Gasteiger partial charge in [0, 0.05) is 6.54 Å². The maximum absolute atomic E-state index is 9.51. The minimum atomic E-state index is -0.666. The van der Waals surface area contributed by atoms with Crippen LogP contribution in [-0.4, -0.2) is 25.5 Å². The van der Waals surface area contributed by atoms with Gasteiger partial charge in [-0.1, -0.05) is 0 Å². The Bertz CT molecular complexity index is 287. The van der Waals surface area contributed by atoms with Crippen LogP contribution in [0.1, 0.15) is 39.1 Å². The van der Waals surface area contributed by atoms with Crippen LogP contribution < -0.4 is 5.73 Å². The number of nitrogens with two attached hydrogens (primary N) is 1. The van der Waals surface area contributed by atoms with Gasteiger partial charge in [0.15, 0.2) is 5.82 Å². The Balaban J connectivity index is 2.52. The standard InChI is InChI=1S/C9H18N4O/c1-7(10)8-11-6-13(12-8)5-4-9(2,3)14/h6-7,14H,4-5,10H2,1-3H3. The van der Waals surface area contributed by atoms with Crippen molar-refractivity contribution in [3.05, 3.63) is 12.2 Å². The number of nitrogens with zero attached hydrogens (tertiary/aromatic N) is 3. The van der Waals surface area contributed by atoms with Gasteiger partial charge in [-0.05, 0) is 27.2 Å². The Labute approximate surface area is 83.9 Å². The summed E-state index contributed by atoms with van der Waals surface area (Å²) in [5.74, 6) is 0.640. The summed E-state index contributed by atoms with van der Waals surface area (Å²) in [4.78, 5) is 4.06. The van der Waals surface area contributed by atoms with Crippen molar-refractivity contribution in [1.82, 2.24) is 14.8 Å². The second kappa shape index (κ2) is 4.06. The van der Waals surface area contributed by atoms with Crippen LogP contribution in [0, 0.1) is 0 Å². The molecule has 1 aromatic rings. The second-order valence-corrected chi connectivity index (χ2v) is 4.22. The smallest absolute Gasteiger partial charge is 0.166 e. The van der Waals surface area contributed by atoms with E-state index in [0.717, 1.165) is 0 Å². The van der Waals surface area contributed by atoms with E-state index in [1.54, 1.807) is 24.9 Å². The number of hydrogen-bond acceptors (Lipinski definition) is 4. The van der Waals surface area contributed by atoms with Gasteiger partial charge in [0.1, 0.15) is 6.33 Å². The maximum atomic E-state index is 9.51. The van der Waals surface area contributed by atoms with Gasteiger partial charge in [0.2, 0.25) is 0 Å². The van der Waals surface area contributed by atoms with Gasteiger partial charge in [0.25, 0.3) is 0 Å². The zero-order valence-corrected chi connectivity index (χ0v) is 8.94. The summed E-state index contributed by atoms with van der Waals surface area (Å²) < 4.78 is 1.71. The Kier molecular flexibility index (Phi) is 3.23. The Hall–Kier alpha value is -0.940. The van der Waals surface area contributed by atoms with E-state index in [2.05, 4.69) is 10.1 Å². The molecule has 0 aliphatic heterocycles. The lowest BCUT2D eigenvalue weighted by molar-refractivity contribution is 0.0650. The summed E-state index contributed by atoms with van der Waals surface area (Å²) in [6.07, 6.45) is 2.29. The Morgan fingerprint density at radius 1 is 1.64 bits per heavy atom. The number of aryl methyl sites for hydroxylation is 1. The van der Waals surface area contributed by atoms with Gasteiger partial charge in [-0.2, -0.15) is 5.10 Å². The zero-order chi connectivity index (χ0) is 10.8. The number of aliphatic hydroxyl groups is 1. The first-order valence-electron chi connectivity index (χ1n) is 4.76. The van der Waals surface area contributed by atoms with Gasteiger partial charge in [0.05, 0.1) is 11.6 Å².